The summed E-state index contributed by atoms with van der Waals surface area (Å²) in [5.41, 5.74) is 5.60. The van der Waals surface area contributed by atoms with Crippen LogP contribution in [0.4, 0.5) is 4.79 Å². The van der Waals surface area contributed by atoms with E-state index < -0.39 is 5.60 Å². The second-order valence-electron chi connectivity index (χ2n) is 10.2. The van der Waals surface area contributed by atoms with Crippen molar-refractivity contribution < 1.29 is 19.1 Å². The van der Waals surface area contributed by atoms with Gasteiger partial charge in [-0.1, -0.05) is 26.0 Å². The first-order valence-electron chi connectivity index (χ1n) is 11.6. The molecule has 2 aliphatic rings. The summed E-state index contributed by atoms with van der Waals surface area (Å²) in [6.45, 7) is 13.0. The Morgan fingerprint density at radius 3 is 2.70 bits per heavy atom. The minimum absolute atomic E-state index is 0.0388. The van der Waals surface area contributed by atoms with E-state index in [9.17, 15) is 9.59 Å². The fourth-order valence-electron chi connectivity index (χ4n) is 4.51. The van der Waals surface area contributed by atoms with Gasteiger partial charge in [0.1, 0.15) is 12.2 Å². The summed E-state index contributed by atoms with van der Waals surface area (Å²) >= 11 is 0. The van der Waals surface area contributed by atoms with Crippen LogP contribution in [0, 0.1) is 6.92 Å². The molecule has 33 heavy (non-hydrogen) atoms. The van der Waals surface area contributed by atoms with Gasteiger partial charge in [0.25, 0.3) is 0 Å². The van der Waals surface area contributed by atoms with Crippen LogP contribution in [0.15, 0.2) is 18.2 Å². The van der Waals surface area contributed by atoms with Gasteiger partial charge < -0.3 is 14.8 Å². The van der Waals surface area contributed by atoms with Crippen LogP contribution in [-0.2, 0) is 27.3 Å². The number of amides is 2. The second kappa shape index (κ2) is 8.82. The molecule has 0 spiro atoms. The van der Waals surface area contributed by atoms with Crippen molar-refractivity contribution in [2.45, 2.75) is 72.1 Å². The molecule has 3 heterocycles. The van der Waals surface area contributed by atoms with Gasteiger partial charge in [-0.15, -0.1) is 0 Å². The van der Waals surface area contributed by atoms with Gasteiger partial charge >= 0.3 is 6.09 Å². The number of hydrogen-bond donors (Lipinski definition) is 1. The molecule has 178 valence electrons. The van der Waals surface area contributed by atoms with Crippen molar-refractivity contribution in [2.75, 3.05) is 19.7 Å². The number of ether oxygens (including phenoxy) is 2. The van der Waals surface area contributed by atoms with Crippen molar-refractivity contribution >= 4 is 12.0 Å². The third kappa shape index (κ3) is 4.76. The van der Waals surface area contributed by atoms with E-state index >= 15 is 0 Å². The van der Waals surface area contributed by atoms with Crippen LogP contribution in [0.2, 0.25) is 0 Å². The third-order valence-corrected chi connectivity index (χ3v) is 6.11. The number of aromatic nitrogens is 2. The highest BCUT2D eigenvalue weighted by molar-refractivity contribution is 5.77. The Balaban J connectivity index is 1.79. The Hall–Kier alpha value is -2.87. The zero-order valence-electron chi connectivity index (χ0n) is 20.4. The SMILES string of the molecule is Cc1cc(C(C)C)ccc1-n1nc2c3c1CCN(C(=O)OC(C)(C)C)C3CNC(=O)COC2. The van der Waals surface area contributed by atoms with Crippen molar-refractivity contribution in [2.24, 2.45) is 0 Å². The van der Waals surface area contributed by atoms with Crippen LogP contribution in [-0.4, -0.2) is 52.0 Å². The number of carbonyl (C=O) groups is 2. The highest BCUT2D eigenvalue weighted by Gasteiger charge is 2.39. The van der Waals surface area contributed by atoms with Crippen LogP contribution >= 0.6 is 0 Å². The molecular weight excluding hydrogens is 420 g/mol. The van der Waals surface area contributed by atoms with E-state index in [1.54, 1.807) is 4.90 Å². The van der Waals surface area contributed by atoms with Gasteiger partial charge in [-0.05, 0) is 50.8 Å². The van der Waals surface area contributed by atoms with E-state index in [1.165, 1.54) is 5.56 Å². The number of carbonyl (C=O) groups excluding carboxylic acids is 2. The molecule has 2 aromatic rings. The normalized spacial score (nSPS) is 18.8. The number of benzene rings is 1. The number of nitrogens with zero attached hydrogens (tertiary/aromatic N) is 3. The van der Waals surface area contributed by atoms with Crippen molar-refractivity contribution in [1.29, 1.82) is 0 Å². The molecule has 1 N–H and O–H groups in total. The first-order chi connectivity index (χ1) is 15.5. The predicted molar refractivity (Wildman–Crippen MR) is 124 cm³/mol. The zero-order valence-corrected chi connectivity index (χ0v) is 20.4. The summed E-state index contributed by atoms with van der Waals surface area (Å²) < 4.78 is 13.3. The molecule has 1 atom stereocenters. The Morgan fingerprint density at radius 1 is 1.27 bits per heavy atom. The highest BCUT2D eigenvalue weighted by Crippen LogP contribution is 2.36. The molecule has 1 aromatic carbocycles. The molecule has 2 amide bonds. The van der Waals surface area contributed by atoms with Crippen molar-refractivity contribution in [3.63, 3.8) is 0 Å². The molecule has 1 aromatic heterocycles. The first kappa shape index (κ1) is 23.3. The van der Waals surface area contributed by atoms with Crippen LogP contribution in [0.1, 0.15) is 74.7 Å². The maximum atomic E-state index is 13.1. The minimum atomic E-state index is -0.607. The standard InChI is InChI=1S/C25H34N4O4/c1-15(2)17-7-8-19(16(3)11-17)29-20-9-10-28(24(31)33-25(4,5)6)21-12-26-22(30)14-32-13-18(27-29)23(20)21/h7-8,11,15,21H,9-10,12-14H2,1-6H3,(H,26,30). The summed E-state index contributed by atoms with van der Waals surface area (Å²) in [5.74, 6) is 0.242. The third-order valence-electron chi connectivity index (χ3n) is 6.11. The summed E-state index contributed by atoms with van der Waals surface area (Å²) in [6, 6.07) is 6.11. The minimum Gasteiger partial charge on any atom is -0.444 e. The average Bonchev–Trinajstić information content (AvgIpc) is 3.11. The Kier molecular flexibility index (Phi) is 6.22. The van der Waals surface area contributed by atoms with Gasteiger partial charge in [-0.3, -0.25) is 9.69 Å². The van der Waals surface area contributed by atoms with E-state index in [0.29, 0.717) is 25.4 Å². The lowest BCUT2D eigenvalue weighted by Gasteiger charge is -2.37. The fraction of sp³-hybridized carbons (Fsp3) is 0.560. The van der Waals surface area contributed by atoms with Crippen LogP contribution in [0.5, 0.6) is 0 Å². The summed E-state index contributed by atoms with van der Waals surface area (Å²) in [4.78, 5) is 26.9. The highest BCUT2D eigenvalue weighted by atomic mass is 16.6. The lowest BCUT2D eigenvalue weighted by Crippen LogP contribution is -2.47. The van der Waals surface area contributed by atoms with E-state index in [0.717, 1.165) is 28.2 Å². The Labute approximate surface area is 195 Å². The van der Waals surface area contributed by atoms with Crippen LogP contribution in [0.25, 0.3) is 5.69 Å². The maximum absolute atomic E-state index is 13.1. The van der Waals surface area contributed by atoms with Gasteiger partial charge in [0.05, 0.1) is 29.7 Å². The van der Waals surface area contributed by atoms with E-state index in [-0.39, 0.29) is 31.3 Å². The molecule has 0 saturated carbocycles. The van der Waals surface area contributed by atoms with Crippen LogP contribution in [0.3, 0.4) is 0 Å². The molecule has 0 aliphatic carbocycles. The lowest BCUT2D eigenvalue weighted by atomic mass is 9.95. The quantitative estimate of drug-likeness (QED) is 0.746. The molecule has 8 nitrogen and oxygen atoms in total. The van der Waals surface area contributed by atoms with E-state index in [2.05, 4.69) is 44.3 Å². The number of nitrogens with one attached hydrogen (secondary N) is 1. The molecule has 2 aliphatic heterocycles. The van der Waals surface area contributed by atoms with Gasteiger partial charge in [-0.2, -0.15) is 5.10 Å². The zero-order chi connectivity index (χ0) is 23.9. The predicted octanol–water partition coefficient (Wildman–Crippen LogP) is 3.78. The summed E-state index contributed by atoms with van der Waals surface area (Å²) in [5, 5.41) is 7.83. The molecule has 8 heteroatoms. The second-order valence-corrected chi connectivity index (χ2v) is 10.2. The van der Waals surface area contributed by atoms with Gasteiger partial charge in [-0.25, -0.2) is 9.48 Å². The molecular formula is C25H34N4O4. The molecule has 1 unspecified atom stereocenters. The largest absolute Gasteiger partial charge is 0.444 e. The summed E-state index contributed by atoms with van der Waals surface area (Å²) in [6.07, 6.45) is 0.251. The monoisotopic (exact) mass is 454 g/mol. The van der Waals surface area contributed by atoms with Crippen molar-refractivity contribution in [3.05, 3.63) is 46.3 Å². The molecule has 0 saturated heterocycles. The van der Waals surface area contributed by atoms with Crippen molar-refractivity contribution in [1.82, 2.24) is 20.0 Å². The average molecular weight is 455 g/mol. The first-order valence-corrected chi connectivity index (χ1v) is 11.6. The molecule has 0 fully saturated rings. The van der Waals surface area contributed by atoms with Gasteiger partial charge in [0.15, 0.2) is 0 Å². The van der Waals surface area contributed by atoms with E-state index in [1.807, 2.05) is 25.5 Å². The number of hydrogen-bond acceptors (Lipinski definition) is 5. The Morgan fingerprint density at radius 2 is 2.03 bits per heavy atom. The molecule has 4 rings (SSSR count). The van der Waals surface area contributed by atoms with Gasteiger partial charge in [0.2, 0.25) is 5.91 Å². The summed E-state index contributed by atoms with van der Waals surface area (Å²) in [7, 11) is 0. The van der Waals surface area contributed by atoms with Crippen LogP contribution < -0.4 is 5.32 Å². The number of aryl methyl sites for hydroxylation is 1. The topological polar surface area (TPSA) is 85.7 Å². The number of rotatable bonds is 2. The van der Waals surface area contributed by atoms with Crippen molar-refractivity contribution in [3.8, 4) is 5.69 Å². The molecule has 0 radical (unpaired) electrons. The van der Waals surface area contributed by atoms with E-state index in [4.69, 9.17) is 14.6 Å². The van der Waals surface area contributed by atoms with Gasteiger partial charge in [0, 0.05) is 25.1 Å². The maximum Gasteiger partial charge on any atom is 0.410 e. The lowest BCUT2D eigenvalue weighted by molar-refractivity contribution is -0.126. The molecule has 0 bridgehead atoms. The smallest absolute Gasteiger partial charge is 0.410 e. The Bertz CT molecular complexity index is 1070. The fourth-order valence-corrected chi connectivity index (χ4v) is 4.51.